The Morgan fingerprint density at radius 2 is 1.74 bits per heavy atom. The van der Waals surface area contributed by atoms with Gasteiger partial charge in [-0.1, -0.05) is 30.3 Å². The van der Waals surface area contributed by atoms with Crippen LogP contribution in [0.2, 0.25) is 0 Å². The number of benzene rings is 2. The van der Waals surface area contributed by atoms with Gasteiger partial charge in [-0.15, -0.1) is 0 Å². The Labute approximate surface area is 182 Å². The Bertz CT molecular complexity index is 1150. The Morgan fingerprint density at radius 1 is 1.06 bits per heavy atom. The quantitative estimate of drug-likeness (QED) is 0.547. The molecule has 3 rings (SSSR count). The third-order valence-corrected chi connectivity index (χ3v) is 6.45. The molecule has 0 fully saturated rings. The maximum Gasteiger partial charge on any atom is 0.243 e. The number of sulfonamides is 1. The first-order valence-electron chi connectivity index (χ1n) is 9.71. The Kier molecular flexibility index (Phi) is 7.07. The van der Waals surface area contributed by atoms with Crippen LogP contribution in [0, 0.1) is 11.3 Å². The molecular weight excluding hydrogens is 414 g/mol. The SMILES string of the molecule is CN(C)CCNc1oc(-c2ccc(S(=O)(=O)N(C)Cc3ccccc3)cc2)nc1C#N. The van der Waals surface area contributed by atoms with Gasteiger partial charge >= 0.3 is 0 Å². The molecule has 0 saturated carbocycles. The van der Waals surface area contributed by atoms with Crippen LogP contribution < -0.4 is 5.32 Å². The van der Waals surface area contributed by atoms with E-state index in [4.69, 9.17) is 4.42 Å². The van der Waals surface area contributed by atoms with E-state index in [1.165, 1.54) is 16.4 Å². The summed E-state index contributed by atoms with van der Waals surface area (Å²) in [5.74, 6) is 0.559. The highest BCUT2D eigenvalue weighted by Crippen LogP contribution is 2.27. The molecule has 0 aliphatic carbocycles. The van der Waals surface area contributed by atoms with Gasteiger partial charge in [0.1, 0.15) is 6.07 Å². The predicted molar refractivity (Wildman–Crippen MR) is 119 cm³/mol. The summed E-state index contributed by atoms with van der Waals surface area (Å²) >= 11 is 0. The molecule has 0 bridgehead atoms. The summed E-state index contributed by atoms with van der Waals surface area (Å²) in [5.41, 5.74) is 1.65. The second kappa shape index (κ2) is 9.75. The number of oxazole rings is 1. The fourth-order valence-corrected chi connectivity index (χ4v) is 4.07. The molecule has 0 atom stereocenters. The van der Waals surface area contributed by atoms with Crippen LogP contribution in [0.3, 0.4) is 0 Å². The highest BCUT2D eigenvalue weighted by molar-refractivity contribution is 7.89. The summed E-state index contributed by atoms with van der Waals surface area (Å²) < 4.78 is 32.8. The molecule has 2 aromatic carbocycles. The first-order chi connectivity index (χ1) is 14.8. The van der Waals surface area contributed by atoms with E-state index in [-0.39, 0.29) is 23.0 Å². The molecule has 1 N–H and O–H groups in total. The summed E-state index contributed by atoms with van der Waals surface area (Å²) in [4.78, 5) is 6.39. The number of nitrogens with one attached hydrogen (secondary N) is 1. The highest BCUT2D eigenvalue weighted by atomic mass is 32.2. The monoisotopic (exact) mass is 439 g/mol. The van der Waals surface area contributed by atoms with Crippen molar-refractivity contribution < 1.29 is 12.8 Å². The van der Waals surface area contributed by atoms with Gasteiger partial charge in [0.15, 0.2) is 0 Å². The van der Waals surface area contributed by atoms with Gasteiger partial charge in [-0.25, -0.2) is 8.42 Å². The molecule has 3 aromatic rings. The van der Waals surface area contributed by atoms with Gasteiger partial charge in [0.05, 0.1) is 4.90 Å². The van der Waals surface area contributed by atoms with Gasteiger partial charge in [-0.05, 0) is 43.9 Å². The number of nitrogens with zero attached hydrogens (tertiary/aromatic N) is 4. The van der Waals surface area contributed by atoms with E-state index in [1.807, 2.05) is 55.4 Å². The third kappa shape index (κ3) is 5.49. The molecular formula is C22H25N5O3S. The molecule has 0 aliphatic heterocycles. The molecule has 0 unspecified atom stereocenters. The summed E-state index contributed by atoms with van der Waals surface area (Å²) in [6, 6.07) is 17.7. The van der Waals surface area contributed by atoms with Crippen molar-refractivity contribution in [1.29, 1.82) is 5.26 Å². The van der Waals surface area contributed by atoms with E-state index < -0.39 is 10.0 Å². The van der Waals surface area contributed by atoms with Gasteiger partial charge in [-0.3, -0.25) is 0 Å². The van der Waals surface area contributed by atoms with Crippen LogP contribution in [0.25, 0.3) is 11.5 Å². The smallest absolute Gasteiger partial charge is 0.243 e. The number of likely N-dealkylation sites (N-methyl/N-ethyl adjacent to an activating group) is 1. The Hall–Kier alpha value is -3.19. The summed E-state index contributed by atoms with van der Waals surface area (Å²) in [6.45, 7) is 1.64. The molecule has 0 spiro atoms. The van der Waals surface area contributed by atoms with Crippen LogP contribution in [0.1, 0.15) is 11.3 Å². The van der Waals surface area contributed by atoms with Crippen LogP contribution in [0.15, 0.2) is 63.9 Å². The van der Waals surface area contributed by atoms with Crippen molar-refractivity contribution in [1.82, 2.24) is 14.2 Å². The molecule has 31 heavy (non-hydrogen) atoms. The first-order valence-corrected chi connectivity index (χ1v) is 11.2. The van der Waals surface area contributed by atoms with Crippen LogP contribution >= 0.6 is 0 Å². The third-order valence-electron chi connectivity index (χ3n) is 4.64. The summed E-state index contributed by atoms with van der Waals surface area (Å²) in [7, 11) is 1.80. The maximum absolute atomic E-state index is 12.9. The van der Waals surface area contributed by atoms with Crippen molar-refractivity contribution in [2.75, 3.05) is 39.5 Å². The van der Waals surface area contributed by atoms with Crippen LogP contribution in [0.4, 0.5) is 5.88 Å². The van der Waals surface area contributed by atoms with Crippen molar-refractivity contribution in [2.24, 2.45) is 0 Å². The lowest BCUT2D eigenvalue weighted by atomic mass is 10.2. The van der Waals surface area contributed by atoms with Crippen LogP contribution in [-0.4, -0.2) is 56.8 Å². The van der Waals surface area contributed by atoms with E-state index in [9.17, 15) is 13.7 Å². The van der Waals surface area contributed by atoms with Gasteiger partial charge in [0, 0.05) is 32.2 Å². The van der Waals surface area contributed by atoms with Crippen molar-refractivity contribution in [3.8, 4) is 17.5 Å². The second-order valence-electron chi connectivity index (χ2n) is 7.31. The molecule has 8 nitrogen and oxygen atoms in total. The molecule has 0 radical (unpaired) electrons. The van der Waals surface area contributed by atoms with E-state index in [2.05, 4.69) is 10.3 Å². The average Bonchev–Trinajstić information content (AvgIpc) is 3.17. The van der Waals surface area contributed by atoms with Crippen molar-refractivity contribution in [2.45, 2.75) is 11.4 Å². The van der Waals surface area contributed by atoms with Crippen molar-refractivity contribution in [3.05, 3.63) is 65.9 Å². The van der Waals surface area contributed by atoms with E-state index in [0.29, 0.717) is 18.0 Å². The van der Waals surface area contributed by atoms with Gasteiger partial charge < -0.3 is 14.6 Å². The molecule has 0 saturated heterocycles. The lowest BCUT2D eigenvalue weighted by Crippen LogP contribution is -2.26. The average molecular weight is 440 g/mol. The topological polar surface area (TPSA) is 102 Å². The normalized spacial score (nSPS) is 11.6. The molecule has 0 amide bonds. The van der Waals surface area contributed by atoms with Crippen molar-refractivity contribution >= 4 is 15.9 Å². The fraction of sp³-hybridized carbons (Fsp3) is 0.273. The van der Waals surface area contributed by atoms with Gasteiger partial charge in [0.2, 0.25) is 27.5 Å². The second-order valence-corrected chi connectivity index (χ2v) is 9.35. The zero-order chi connectivity index (χ0) is 22.4. The van der Waals surface area contributed by atoms with Crippen LogP contribution in [-0.2, 0) is 16.6 Å². The number of hydrogen-bond donors (Lipinski definition) is 1. The molecule has 0 aliphatic rings. The van der Waals surface area contributed by atoms with Gasteiger partial charge in [-0.2, -0.15) is 14.6 Å². The molecule has 1 heterocycles. The number of anilines is 1. The molecule has 1 aromatic heterocycles. The predicted octanol–water partition coefficient (Wildman–Crippen LogP) is 3.01. The number of aromatic nitrogens is 1. The number of hydrogen-bond acceptors (Lipinski definition) is 7. The van der Waals surface area contributed by atoms with E-state index in [0.717, 1.165) is 12.1 Å². The first kappa shape index (κ1) is 22.5. The lowest BCUT2D eigenvalue weighted by molar-refractivity contribution is 0.423. The zero-order valence-electron chi connectivity index (χ0n) is 17.7. The largest absolute Gasteiger partial charge is 0.419 e. The Morgan fingerprint density at radius 3 is 2.35 bits per heavy atom. The minimum absolute atomic E-state index is 0.160. The summed E-state index contributed by atoms with van der Waals surface area (Å²) in [5, 5.41) is 12.4. The van der Waals surface area contributed by atoms with E-state index in [1.54, 1.807) is 19.2 Å². The fourth-order valence-electron chi connectivity index (χ4n) is 2.91. The number of nitriles is 1. The van der Waals surface area contributed by atoms with E-state index >= 15 is 0 Å². The van der Waals surface area contributed by atoms with Gasteiger partial charge in [0.25, 0.3) is 0 Å². The lowest BCUT2D eigenvalue weighted by Gasteiger charge is -2.17. The maximum atomic E-state index is 12.9. The highest BCUT2D eigenvalue weighted by Gasteiger charge is 2.22. The number of rotatable bonds is 9. The Balaban J connectivity index is 1.76. The molecule has 9 heteroatoms. The standard InChI is InChI=1S/C22H25N5O3S/c1-26(2)14-13-24-22-20(15-23)25-21(30-22)18-9-11-19(12-10-18)31(28,29)27(3)16-17-7-5-4-6-8-17/h4-12,24H,13-14,16H2,1-3H3. The zero-order valence-corrected chi connectivity index (χ0v) is 18.6. The minimum Gasteiger partial charge on any atom is -0.419 e. The van der Waals surface area contributed by atoms with Crippen molar-refractivity contribution in [3.63, 3.8) is 0 Å². The minimum atomic E-state index is -3.65. The summed E-state index contributed by atoms with van der Waals surface area (Å²) in [6.07, 6.45) is 0. The van der Waals surface area contributed by atoms with Crippen LogP contribution in [0.5, 0.6) is 0 Å². The molecule has 162 valence electrons.